The highest BCUT2D eigenvalue weighted by atomic mass is 19.1. The summed E-state index contributed by atoms with van der Waals surface area (Å²) in [7, 11) is 0. The summed E-state index contributed by atoms with van der Waals surface area (Å²) in [5.74, 6) is 0.604. The standard InChI is InChI=1S/C24H30FN3O/c25-21-10-8-19(9-11-21)6-7-20-4-3-15-28(18-20)22-12-16-27(17-13-22)24(29)23-5-1-2-14-26-23/h1-2,5,8-11,14,20,22H,3-4,6-7,12-13,15-18H2. The fraction of sp³-hybridized carbons (Fsp3) is 0.500. The van der Waals surface area contributed by atoms with E-state index in [0.717, 1.165) is 38.9 Å². The lowest BCUT2D eigenvalue weighted by Gasteiger charge is -2.42. The second kappa shape index (κ2) is 9.49. The summed E-state index contributed by atoms with van der Waals surface area (Å²) >= 11 is 0. The van der Waals surface area contributed by atoms with E-state index in [-0.39, 0.29) is 11.7 Å². The smallest absolute Gasteiger partial charge is 0.272 e. The number of aromatic nitrogens is 1. The molecule has 4 nitrogen and oxygen atoms in total. The van der Waals surface area contributed by atoms with Crippen LogP contribution in [0.25, 0.3) is 0 Å². The zero-order chi connectivity index (χ0) is 20.1. The van der Waals surface area contributed by atoms with Crippen molar-refractivity contribution >= 4 is 5.91 Å². The number of hydrogen-bond donors (Lipinski definition) is 0. The number of nitrogens with zero attached hydrogens (tertiary/aromatic N) is 3. The molecular formula is C24H30FN3O. The first-order chi connectivity index (χ1) is 14.2. The molecule has 2 aromatic rings. The lowest BCUT2D eigenvalue weighted by Crippen LogP contribution is -2.49. The molecule has 1 atom stereocenters. The molecule has 2 aliphatic rings. The summed E-state index contributed by atoms with van der Waals surface area (Å²) in [5.41, 5.74) is 1.77. The molecule has 1 aromatic heterocycles. The average Bonchev–Trinajstić information content (AvgIpc) is 2.79. The fourth-order valence-corrected chi connectivity index (χ4v) is 4.77. The molecule has 5 heteroatoms. The van der Waals surface area contributed by atoms with E-state index in [4.69, 9.17) is 0 Å². The van der Waals surface area contributed by atoms with E-state index in [1.165, 1.54) is 31.4 Å². The summed E-state index contributed by atoms with van der Waals surface area (Å²) in [4.78, 5) is 21.4. The van der Waals surface area contributed by atoms with Gasteiger partial charge in [-0.05, 0) is 80.8 Å². The van der Waals surface area contributed by atoms with Crippen LogP contribution in [0.2, 0.25) is 0 Å². The summed E-state index contributed by atoms with van der Waals surface area (Å²) in [6, 6.07) is 13.0. The van der Waals surface area contributed by atoms with Crippen LogP contribution in [0.4, 0.5) is 4.39 Å². The molecule has 2 fully saturated rings. The van der Waals surface area contributed by atoms with Crippen molar-refractivity contribution in [3.63, 3.8) is 0 Å². The van der Waals surface area contributed by atoms with Crippen molar-refractivity contribution in [2.75, 3.05) is 26.2 Å². The van der Waals surface area contributed by atoms with Gasteiger partial charge in [0.15, 0.2) is 0 Å². The monoisotopic (exact) mass is 395 g/mol. The molecule has 154 valence electrons. The average molecular weight is 396 g/mol. The van der Waals surface area contributed by atoms with E-state index in [1.807, 2.05) is 29.2 Å². The van der Waals surface area contributed by atoms with Crippen molar-refractivity contribution < 1.29 is 9.18 Å². The van der Waals surface area contributed by atoms with Gasteiger partial charge in [0.2, 0.25) is 0 Å². The number of pyridine rings is 1. The van der Waals surface area contributed by atoms with Crippen molar-refractivity contribution in [2.45, 2.75) is 44.6 Å². The second-order valence-corrected chi connectivity index (χ2v) is 8.41. The molecule has 1 aromatic carbocycles. The van der Waals surface area contributed by atoms with Gasteiger partial charge in [0.25, 0.3) is 5.91 Å². The van der Waals surface area contributed by atoms with Crippen molar-refractivity contribution in [2.24, 2.45) is 5.92 Å². The zero-order valence-corrected chi connectivity index (χ0v) is 17.0. The fourth-order valence-electron chi connectivity index (χ4n) is 4.77. The number of amides is 1. The predicted octanol–water partition coefficient (Wildman–Crippen LogP) is 4.17. The van der Waals surface area contributed by atoms with Gasteiger partial charge in [0.1, 0.15) is 11.5 Å². The molecule has 0 bridgehead atoms. The molecule has 0 spiro atoms. The third-order valence-electron chi connectivity index (χ3n) is 6.46. The maximum atomic E-state index is 13.1. The minimum Gasteiger partial charge on any atom is -0.337 e. The highest BCUT2D eigenvalue weighted by Crippen LogP contribution is 2.27. The molecule has 4 rings (SSSR count). The Bertz CT molecular complexity index is 788. The van der Waals surface area contributed by atoms with Gasteiger partial charge in [0.05, 0.1) is 0 Å². The second-order valence-electron chi connectivity index (χ2n) is 8.41. The first kappa shape index (κ1) is 20.0. The van der Waals surface area contributed by atoms with E-state index in [0.29, 0.717) is 17.7 Å². The molecule has 0 aliphatic carbocycles. The quantitative estimate of drug-likeness (QED) is 0.762. The van der Waals surface area contributed by atoms with Gasteiger partial charge in [0, 0.05) is 31.9 Å². The Morgan fingerprint density at radius 1 is 1.03 bits per heavy atom. The van der Waals surface area contributed by atoms with Crippen LogP contribution >= 0.6 is 0 Å². The largest absolute Gasteiger partial charge is 0.337 e. The summed E-state index contributed by atoms with van der Waals surface area (Å²) in [5, 5.41) is 0. The van der Waals surface area contributed by atoms with Crippen LogP contribution in [0.1, 0.15) is 48.2 Å². The lowest BCUT2D eigenvalue weighted by atomic mass is 9.89. The van der Waals surface area contributed by atoms with Crippen LogP contribution in [0.15, 0.2) is 48.7 Å². The summed E-state index contributed by atoms with van der Waals surface area (Å²) in [6.07, 6.45) is 8.50. The van der Waals surface area contributed by atoms with Gasteiger partial charge in [-0.25, -0.2) is 4.39 Å². The van der Waals surface area contributed by atoms with E-state index >= 15 is 0 Å². The zero-order valence-electron chi connectivity index (χ0n) is 17.0. The van der Waals surface area contributed by atoms with Gasteiger partial charge >= 0.3 is 0 Å². The molecule has 2 saturated heterocycles. The summed E-state index contributed by atoms with van der Waals surface area (Å²) in [6.45, 7) is 3.96. The van der Waals surface area contributed by atoms with Gasteiger partial charge < -0.3 is 4.90 Å². The van der Waals surface area contributed by atoms with E-state index in [1.54, 1.807) is 24.4 Å². The van der Waals surface area contributed by atoms with E-state index < -0.39 is 0 Å². The van der Waals surface area contributed by atoms with Crippen LogP contribution in [0, 0.1) is 11.7 Å². The molecule has 1 unspecified atom stereocenters. The Labute approximate surface area is 172 Å². The maximum Gasteiger partial charge on any atom is 0.272 e. The molecule has 29 heavy (non-hydrogen) atoms. The van der Waals surface area contributed by atoms with Gasteiger partial charge in [-0.3, -0.25) is 14.7 Å². The Morgan fingerprint density at radius 2 is 1.83 bits per heavy atom. The number of piperidine rings is 2. The van der Waals surface area contributed by atoms with Crippen LogP contribution in [-0.4, -0.2) is 52.9 Å². The van der Waals surface area contributed by atoms with Crippen LogP contribution in [0.3, 0.4) is 0 Å². The number of carbonyl (C=O) groups excluding carboxylic acids is 1. The number of aryl methyl sites for hydroxylation is 1. The molecule has 1 amide bonds. The van der Waals surface area contributed by atoms with Crippen molar-refractivity contribution in [1.82, 2.24) is 14.8 Å². The van der Waals surface area contributed by atoms with E-state index in [9.17, 15) is 9.18 Å². The molecule has 0 radical (unpaired) electrons. The normalized spacial score (nSPS) is 21.3. The summed E-state index contributed by atoms with van der Waals surface area (Å²) < 4.78 is 13.1. The molecule has 3 heterocycles. The number of rotatable bonds is 5. The molecular weight excluding hydrogens is 365 g/mol. The topological polar surface area (TPSA) is 36.4 Å². The predicted molar refractivity (Wildman–Crippen MR) is 112 cm³/mol. The Hall–Kier alpha value is -2.27. The number of carbonyl (C=O) groups is 1. The van der Waals surface area contributed by atoms with Crippen molar-refractivity contribution in [3.8, 4) is 0 Å². The first-order valence-corrected chi connectivity index (χ1v) is 10.9. The van der Waals surface area contributed by atoms with E-state index in [2.05, 4.69) is 9.88 Å². The van der Waals surface area contributed by atoms with Crippen LogP contribution in [-0.2, 0) is 6.42 Å². The lowest BCUT2D eigenvalue weighted by molar-refractivity contribution is 0.0518. The highest BCUT2D eigenvalue weighted by molar-refractivity contribution is 5.92. The van der Waals surface area contributed by atoms with Crippen LogP contribution < -0.4 is 0 Å². The third kappa shape index (κ3) is 5.21. The molecule has 2 aliphatic heterocycles. The number of hydrogen-bond acceptors (Lipinski definition) is 3. The van der Waals surface area contributed by atoms with Crippen molar-refractivity contribution in [3.05, 3.63) is 65.7 Å². The number of halogens is 1. The SMILES string of the molecule is O=C(c1ccccn1)N1CCC(N2CCCC(CCc3ccc(F)cc3)C2)CC1. The third-order valence-corrected chi connectivity index (χ3v) is 6.46. The maximum absolute atomic E-state index is 13.1. The van der Waals surface area contributed by atoms with Gasteiger partial charge in [-0.2, -0.15) is 0 Å². The van der Waals surface area contributed by atoms with Crippen LogP contribution in [0.5, 0.6) is 0 Å². The Kier molecular flexibility index (Phi) is 6.55. The van der Waals surface area contributed by atoms with Gasteiger partial charge in [-0.15, -0.1) is 0 Å². The van der Waals surface area contributed by atoms with Gasteiger partial charge in [-0.1, -0.05) is 18.2 Å². The Morgan fingerprint density at radius 3 is 2.55 bits per heavy atom. The minimum atomic E-state index is -0.162. The molecule has 0 saturated carbocycles. The Balaban J connectivity index is 1.25. The highest BCUT2D eigenvalue weighted by Gasteiger charge is 2.30. The first-order valence-electron chi connectivity index (χ1n) is 10.9. The molecule has 0 N–H and O–H groups in total. The number of likely N-dealkylation sites (tertiary alicyclic amines) is 2. The number of benzene rings is 1. The van der Waals surface area contributed by atoms with Crippen molar-refractivity contribution in [1.29, 1.82) is 0 Å². The minimum absolute atomic E-state index is 0.0554.